The predicted octanol–water partition coefficient (Wildman–Crippen LogP) is 5.74. The van der Waals surface area contributed by atoms with Crippen LogP contribution in [0.15, 0.2) is 72.1 Å². The Morgan fingerprint density at radius 3 is 2.41 bits per heavy atom. The fraction of sp³-hybridized carbons (Fsp3) is 0.0833. The third-order valence-electron chi connectivity index (χ3n) is 4.63. The highest BCUT2D eigenvalue weighted by Gasteiger charge is 2.13. The second-order valence-corrected chi connectivity index (χ2v) is 7.72. The summed E-state index contributed by atoms with van der Waals surface area (Å²) in [7, 11) is 0. The molecule has 0 saturated carbocycles. The van der Waals surface area contributed by atoms with Gasteiger partial charge >= 0.3 is 0 Å². The van der Waals surface area contributed by atoms with Crippen LogP contribution in [0.3, 0.4) is 0 Å². The number of hydrogen-bond acceptors (Lipinski definition) is 4. The van der Waals surface area contributed by atoms with E-state index < -0.39 is 11.6 Å². The number of carbonyl (C=O) groups excluding carboxylic acids is 1. The number of thiazole rings is 1. The van der Waals surface area contributed by atoms with Crippen molar-refractivity contribution in [1.29, 1.82) is 0 Å². The lowest BCUT2D eigenvalue weighted by Gasteiger charge is -2.08. The molecule has 0 radical (unpaired) electrons. The van der Waals surface area contributed by atoms with E-state index in [0.29, 0.717) is 16.3 Å². The van der Waals surface area contributed by atoms with Crippen LogP contribution in [-0.4, -0.2) is 10.9 Å². The number of halogens is 3. The standard InChI is InChI=1S/C24H17F3N2O2S/c25-17-4-1-3-15(11-17)12-28-23(30)22-14-32-24(29-22)16-7-9-18(10-8-16)31-13-19-20(26)5-2-6-21(19)27/h1-11,14H,12-13H2,(H,28,30). The Balaban J connectivity index is 1.37. The van der Waals surface area contributed by atoms with Crippen LogP contribution in [0.5, 0.6) is 5.75 Å². The van der Waals surface area contributed by atoms with E-state index in [0.717, 1.165) is 5.56 Å². The monoisotopic (exact) mass is 454 g/mol. The Kier molecular flexibility index (Phi) is 6.51. The first-order valence-corrected chi connectivity index (χ1v) is 10.5. The summed E-state index contributed by atoms with van der Waals surface area (Å²) in [5.74, 6) is -1.59. The molecule has 0 atom stereocenters. The van der Waals surface area contributed by atoms with E-state index in [9.17, 15) is 18.0 Å². The van der Waals surface area contributed by atoms with Crippen molar-refractivity contribution in [1.82, 2.24) is 10.3 Å². The number of nitrogens with one attached hydrogen (secondary N) is 1. The molecule has 0 bridgehead atoms. The van der Waals surface area contributed by atoms with Crippen molar-refractivity contribution >= 4 is 17.2 Å². The summed E-state index contributed by atoms with van der Waals surface area (Å²) in [6.45, 7) is -0.0389. The van der Waals surface area contributed by atoms with Crippen molar-refractivity contribution < 1.29 is 22.7 Å². The summed E-state index contributed by atoms with van der Waals surface area (Å²) in [6.07, 6.45) is 0. The summed E-state index contributed by atoms with van der Waals surface area (Å²) < 4.78 is 46.1. The molecular formula is C24H17F3N2O2S. The second kappa shape index (κ2) is 9.65. The molecule has 0 aliphatic carbocycles. The Morgan fingerprint density at radius 1 is 0.969 bits per heavy atom. The molecule has 1 amide bonds. The van der Waals surface area contributed by atoms with Crippen molar-refractivity contribution in [3.05, 3.63) is 106 Å². The number of ether oxygens (including phenoxy) is 1. The van der Waals surface area contributed by atoms with Crippen molar-refractivity contribution in [2.24, 2.45) is 0 Å². The van der Waals surface area contributed by atoms with Gasteiger partial charge < -0.3 is 10.1 Å². The van der Waals surface area contributed by atoms with Crippen LogP contribution < -0.4 is 10.1 Å². The molecule has 1 N–H and O–H groups in total. The van der Waals surface area contributed by atoms with E-state index in [2.05, 4.69) is 10.3 Å². The number of rotatable bonds is 7. The van der Waals surface area contributed by atoms with Crippen LogP contribution in [-0.2, 0) is 13.2 Å². The van der Waals surface area contributed by atoms with E-state index in [-0.39, 0.29) is 36.1 Å². The van der Waals surface area contributed by atoms with Crippen molar-refractivity contribution in [3.8, 4) is 16.3 Å². The second-order valence-electron chi connectivity index (χ2n) is 6.86. The molecule has 0 saturated heterocycles. The minimum atomic E-state index is -0.660. The highest BCUT2D eigenvalue weighted by molar-refractivity contribution is 7.13. The van der Waals surface area contributed by atoms with Crippen LogP contribution in [0.1, 0.15) is 21.6 Å². The highest BCUT2D eigenvalue weighted by atomic mass is 32.1. The Hall–Kier alpha value is -3.65. The van der Waals surface area contributed by atoms with E-state index >= 15 is 0 Å². The average Bonchev–Trinajstić information content (AvgIpc) is 3.28. The maximum atomic E-state index is 13.7. The number of carbonyl (C=O) groups is 1. The zero-order valence-electron chi connectivity index (χ0n) is 16.6. The SMILES string of the molecule is O=C(NCc1cccc(F)c1)c1csc(-c2ccc(OCc3c(F)cccc3F)cc2)n1. The largest absolute Gasteiger partial charge is 0.489 e. The van der Waals surface area contributed by atoms with Gasteiger partial charge in [-0.2, -0.15) is 0 Å². The van der Waals surface area contributed by atoms with Crippen molar-refractivity contribution in [2.45, 2.75) is 13.2 Å². The Bertz CT molecular complexity index is 1220. The zero-order chi connectivity index (χ0) is 22.5. The summed E-state index contributed by atoms with van der Waals surface area (Å²) in [6, 6.07) is 16.5. The van der Waals surface area contributed by atoms with Gasteiger partial charge in [-0.3, -0.25) is 4.79 Å². The Labute approximate surface area is 186 Å². The molecule has 4 aromatic rings. The minimum Gasteiger partial charge on any atom is -0.489 e. The molecule has 8 heteroatoms. The normalized spacial score (nSPS) is 10.7. The number of amides is 1. The topological polar surface area (TPSA) is 51.2 Å². The van der Waals surface area contributed by atoms with Crippen LogP contribution in [0.4, 0.5) is 13.2 Å². The van der Waals surface area contributed by atoms with Crippen LogP contribution in [0.2, 0.25) is 0 Å². The number of hydrogen-bond donors (Lipinski definition) is 1. The minimum absolute atomic E-state index is 0.134. The quantitative estimate of drug-likeness (QED) is 0.388. The van der Waals surface area contributed by atoms with Gasteiger partial charge in [0.1, 0.15) is 40.5 Å². The van der Waals surface area contributed by atoms with Gasteiger partial charge in [-0.25, -0.2) is 18.2 Å². The van der Waals surface area contributed by atoms with Crippen LogP contribution in [0, 0.1) is 17.5 Å². The summed E-state index contributed by atoms with van der Waals surface area (Å²) in [5, 5.41) is 4.99. The lowest BCUT2D eigenvalue weighted by Crippen LogP contribution is -2.23. The lowest BCUT2D eigenvalue weighted by atomic mass is 10.2. The molecule has 0 spiro atoms. The first-order chi connectivity index (χ1) is 15.5. The molecule has 0 aliphatic heterocycles. The number of nitrogens with zero attached hydrogens (tertiary/aromatic N) is 1. The molecule has 0 fully saturated rings. The molecule has 1 heterocycles. The van der Waals surface area contributed by atoms with Crippen LogP contribution >= 0.6 is 11.3 Å². The van der Waals surface area contributed by atoms with E-state index in [4.69, 9.17) is 4.74 Å². The Morgan fingerprint density at radius 2 is 1.69 bits per heavy atom. The third-order valence-corrected chi connectivity index (χ3v) is 5.52. The maximum absolute atomic E-state index is 13.7. The van der Waals surface area contributed by atoms with E-state index in [1.54, 1.807) is 41.8 Å². The van der Waals surface area contributed by atoms with E-state index in [1.807, 2.05) is 0 Å². The first kappa shape index (κ1) is 21.6. The number of aromatic nitrogens is 1. The molecule has 0 unspecified atom stereocenters. The van der Waals surface area contributed by atoms with Crippen molar-refractivity contribution in [3.63, 3.8) is 0 Å². The van der Waals surface area contributed by atoms with Gasteiger partial charge in [-0.15, -0.1) is 11.3 Å². The summed E-state index contributed by atoms with van der Waals surface area (Å²) in [5.41, 5.74) is 1.55. The van der Waals surface area contributed by atoms with Gasteiger partial charge in [-0.1, -0.05) is 18.2 Å². The fourth-order valence-electron chi connectivity index (χ4n) is 2.95. The first-order valence-electron chi connectivity index (χ1n) is 9.64. The zero-order valence-corrected chi connectivity index (χ0v) is 17.5. The fourth-order valence-corrected chi connectivity index (χ4v) is 3.76. The van der Waals surface area contributed by atoms with Gasteiger partial charge in [0, 0.05) is 17.5 Å². The molecule has 4 nitrogen and oxygen atoms in total. The lowest BCUT2D eigenvalue weighted by molar-refractivity contribution is 0.0946. The molecular weight excluding hydrogens is 437 g/mol. The molecule has 1 aromatic heterocycles. The molecule has 3 aromatic carbocycles. The molecule has 0 aliphatic rings. The van der Waals surface area contributed by atoms with Gasteiger partial charge in [0.25, 0.3) is 5.91 Å². The molecule has 32 heavy (non-hydrogen) atoms. The van der Waals surface area contributed by atoms with Gasteiger partial charge in [0.15, 0.2) is 0 Å². The highest BCUT2D eigenvalue weighted by Crippen LogP contribution is 2.26. The summed E-state index contributed by atoms with van der Waals surface area (Å²) >= 11 is 1.30. The average molecular weight is 454 g/mol. The molecule has 162 valence electrons. The van der Waals surface area contributed by atoms with Gasteiger partial charge in [-0.05, 0) is 54.1 Å². The van der Waals surface area contributed by atoms with Gasteiger partial charge in [0.2, 0.25) is 0 Å². The third kappa shape index (κ3) is 5.15. The molecule has 4 rings (SSSR count). The number of benzene rings is 3. The summed E-state index contributed by atoms with van der Waals surface area (Å²) in [4.78, 5) is 16.7. The maximum Gasteiger partial charge on any atom is 0.271 e. The van der Waals surface area contributed by atoms with Crippen molar-refractivity contribution in [2.75, 3.05) is 0 Å². The predicted molar refractivity (Wildman–Crippen MR) is 116 cm³/mol. The smallest absolute Gasteiger partial charge is 0.271 e. The van der Waals surface area contributed by atoms with E-state index in [1.165, 1.54) is 41.7 Å². The van der Waals surface area contributed by atoms with Gasteiger partial charge in [0.05, 0.1) is 5.56 Å². The van der Waals surface area contributed by atoms with Crippen LogP contribution in [0.25, 0.3) is 10.6 Å².